The Balaban J connectivity index is 1.51. The highest BCUT2D eigenvalue weighted by Crippen LogP contribution is 2.34. The summed E-state index contributed by atoms with van der Waals surface area (Å²) >= 11 is 1.85. The van der Waals surface area contributed by atoms with E-state index in [1.807, 2.05) is 11.3 Å². The first-order chi connectivity index (χ1) is 9.76. The van der Waals surface area contributed by atoms with Crippen LogP contribution in [0.3, 0.4) is 0 Å². The van der Waals surface area contributed by atoms with Crippen molar-refractivity contribution in [1.82, 2.24) is 5.32 Å². The van der Waals surface area contributed by atoms with Gasteiger partial charge in [0, 0.05) is 36.8 Å². The minimum absolute atomic E-state index is 0.0941. The summed E-state index contributed by atoms with van der Waals surface area (Å²) < 4.78 is 11.6. The van der Waals surface area contributed by atoms with Crippen LogP contribution in [0.4, 0.5) is 0 Å². The van der Waals surface area contributed by atoms with Gasteiger partial charge in [0.1, 0.15) is 0 Å². The summed E-state index contributed by atoms with van der Waals surface area (Å²) in [4.78, 5) is 1.47. The average Bonchev–Trinajstić information content (AvgIpc) is 2.92. The zero-order chi connectivity index (χ0) is 13.8. The van der Waals surface area contributed by atoms with E-state index in [1.54, 1.807) is 0 Å². The number of nitrogens with one attached hydrogen (secondary N) is 1. The lowest BCUT2D eigenvalue weighted by Crippen LogP contribution is -2.51. The Hall–Kier alpha value is -0.420. The normalized spacial score (nSPS) is 27.6. The molecule has 2 aliphatic heterocycles. The summed E-state index contributed by atoms with van der Waals surface area (Å²) in [7, 11) is 0. The predicted molar refractivity (Wildman–Crippen MR) is 82.4 cm³/mol. The minimum Gasteiger partial charge on any atom is -0.381 e. The van der Waals surface area contributed by atoms with Crippen molar-refractivity contribution in [2.45, 2.75) is 56.7 Å². The van der Waals surface area contributed by atoms with E-state index in [0.717, 1.165) is 51.9 Å². The average molecular weight is 295 g/mol. The molecule has 2 unspecified atom stereocenters. The first kappa shape index (κ1) is 14.5. The van der Waals surface area contributed by atoms with Gasteiger partial charge in [-0.2, -0.15) is 0 Å². The predicted octanol–water partition coefficient (Wildman–Crippen LogP) is 3.00. The molecule has 0 aliphatic carbocycles. The van der Waals surface area contributed by atoms with Gasteiger partial charge in [0.2, 0.25) is 0 Å². The first-order valence-corrected chi connectivity index (χ1v) is 8.64. The van der Waals surface area contributed by atoms with Gasteiger partial charge in [0.05, 0.1) is 5.60 Å². The zero-order valence-corrected chi connectivity index (χ0v) is 13.1. The largest absolute Gasteiger partial charge is 0.381 e. The molecule has 1 N–H and O–H groups in total. The maximum atomic E-state index is 6.11. The van der Waals surface area contributed by atoms with Crippen molar-refractivity contribution in [1.29, 1.82) is 0 Å². The van der Waals surface area contributed by atoms with Gasteiger partial charge in [-0.1, -0.05) is 6.07 Å². The maximum Gasteiger partial charge on any atom is 0.0741 e. The standard InChI is InChI=1S/C16H25NO2S/c1-13(11-15-3-2-10-20-15)17-14-4-7-19-16(12-14)5-8-18-9-6-16/h2-3,10,13-14,17H,4-9,11-12H2,1H3. The summed E-state index contributed by atoms with van der Waals surface area (Å²) in [5.74, 6) is 0. The van der Waals surface area contributed by atoms with Crippen molar-refractivity contribution >= 4 is 11.3 Å². The molecule has 2 aliphatic rings. The van der Waals surface area contributed by atoms with Gasteiger partial charge in [0.25, 0.3) is 0 Å². The molecule has 2 saturated heterocycles. The summed E-state index contributed by atoms with van der Waals surface area (Å²) in [5, 5.41) is 5.97. The molecule has 3 heterocycles. The van der Waals surface area contributed by atoms with Crippen molar-refractivity contribution in [2.75, 3.05) is 19.8 Å². The second-order valence-electron chi connectivity index (χ2n) is 6.18. The fourth-order valence-corrected chi connectivity index (χ4v) is 4.29. The first-order valence-electron chi connectivity index (χ1n) is 7.76. The second kappa shape index (κ2) is 6.56. The van der Waals surface area contributed by atoms with E-state index in [2.05, 4.69) is 29.8 Å². The molecule has 0 amide bonds. The van der Waals surface area contributed by atoms with Crippen LogP contribution in [0.1, 0.15) is 37.5 Å². The third-order valence-electron chi connectivity index (χ3n) is 4.50. The molecule has 2 atom stereocenters. The Morgan fingerprint density at radius 2 is 2.25 bits per heavy atom. The van der Waals surface area contributed by atoms with E-state index >= 15 is 0 Å². The highest BCUT2D eigenvalue weighted by molar-refractivity contribution is 7.09. The van der Waals surface area contributed by atoms with Crippen LogP contribution in [0.5, 0.6) is 0 Å². The molecular weight excluding hydrogens is 270 g/mol. The van der Waals surface area contributed by atoms with Crippen molar-refractivity contribution < 1.29 is 9.47 Å². The van der Waals surface area contributed by atoms with Crippen molar-refractivity contribution in [3.8, 4) is 0 Å². The Bertz CT molecular complexity index is 395. The number of ether oxygens (including phenoxy) is 2. The van der Waals surface area contributed by atoms with Crippen LogP contribution in [-0.4, -0.2) is 37.5 Å². The van der Waals surface area contributed by atoms with E-state index in [-0.39, 0.29) is 5.60 Å². The third kappa shape index (κ3) is 3.61. The van der Waals surface area contributed by atoms with Crippen LogP contribution >= 0.6 is 11.3 Å². The number of rotatable bonds is 4. The third-order valence-corrected chi connectivity index (χ3v) is 5.40. The van der Waals surface area contributed by atoms with E-state index < -0.39 is 0 Å². The highest BCUT2D eigenvalue weighted by atomic mass is 32.1. The Labute approximate surface area is 125 Å². The topological polar surface area (TPSA) is 30.5 Å². The molecule has 4 heteroatoms. The molecule has 0 aromatic carbocycles. The molecule has 2 fully saturated rings. The van der Waals surface area contributed by atoms with Gasteiger partial charge in [-0.3, -0.25) is 0 Å². The van der Waals surface area contributed by atoms with Crippen LogP contribution in [0.2, 0.25) is 0 Å². The molecule has 3 rings (SSSR count). The van der Waals surface area contributed by atoms with Gasteiger partial charge >= 0.3 is 0 Å². The summed E-state index contributed by atoms with van der Waals surface area (Å²) in [6.07, 6.45) is 5.53. The SMILES string of the molecule is CC(Cc1cccs1)NC1CCOC2(CCOCC2)C1. The van der Waals surface area contributed by atoms with Crippen LogP contribution in [0.25, 0.3) is 0 Å². The minimum atomic E-state index is 0.0941. The Morgan fingerprint density at radius 3 is 3.00 bits per heavy atom. The molecule has 1 spiro atoms. The Morgan fingerprint density at radius 1 is 1.40 bits per heavy atom. The van der Waals surface area contributed by atoms with Crippen LogP contribution in [0.15, 0.2) is 17.5 Å². The van der Waals surface area contributed by atoms with E-state index in [0.29, 0.717) is 12.1 Å². The molecule has 1 aromatic heterocycles. The van der Waals surface area contributed by atoms with Gasteiger partial charge < -0.3 is 14.8 Å². The van der Waals surface area contributed by atoms with Gasteiger partial charge in [-0.15, -0.1) is 11.3 Å². The highest BCUT2D eigenvalue weighted by Gasteiger charge is 2.39. The molecule has 1 aromatic rings. The molecule has 3 nitrogen and oxygen atoms in total. The quantitative estimate of drug-likeness (QED) is 0.926. The number of thiophene rings is 1. The molecule has 112 valence electrons. The van der Waals surface area contributed by atoms with Gasteiger partial charge in [-0.05, 0) is 50.5 Å². The summed E-state index contributed by atoms with van der Waals surface area (Å²) in [6, 6.07) is 5.50. The lowest BCUT2D eigenvalue weighted by Gasteiger charge is -2.44. The maximum absolute atomic E-state index is 6.11. The molecule has 0 radical (unpaired) electrons. The van der Waals surface area contributed by atoms with Crippen LogP contribution < -0.4 is 5.32 Å². The van der Waals surface area contributed by atoms with Crippen LogP contribution in [-0.2, 0) is 15.9 Å². The summed E-state index contributed by atoms with van der Waals surface area (Å²) in [6.45, 7) is 4.91. The molecular formula is C16H25NO2S. The summed E-state index contributed by atoms with van der Waals surface area (Å²) in [5.41, 5.74) is 0.0941. The monoisotopic (exact) mass is 295 g/mol. The number of hydrogen-bond acceptors (Lipinski definition) is 4. The second-order valence-corrected chi connectivity index (χ2v) is 7.22. The fourth-order valence-electron chi connectivity index (χ4n) is 3.45. The van der Waals surface area contributed by atoms with Crippen molar-refractivity contribution in [3.63, 3.8) is 0 Å². The Kier molecular flexibility index (Phi) is 4.76. The van der Waals surface area contributed by atoms with E-state index in [9.17, 15) is 0 Å². The molecule has 0 bridgehead atoms. The zero-order valence-electron chi connectivity index (χ0n) is 12.3. The lowest BCUT2D eigenvalue weighted by atomic mass is 9.84. The van der Waals surface area contributed by atoms with Crippen molar-refractivity contribution in [2.24, 2.45) is 0 Å². The molecule has 0 saturated carbocycles. The van der Waals surface area contributed by atoms with Gasteiger partial charge in [0.15, 0.2) is 0 Å². The molecule has 20 heavy (non-hydrogen) atoms. The lowest BCUT2D eigenvalue weighted by molar-refractivity contribution is -0.140. The smallest absolute Gasteiger partial charge is 0.0741 e. The number of hydrogen-bond donors (Lipinski definition) is 1. The van der Waals surface area contributed by atoms with Crippen LogP contribution in [0, 0.1) is 0 Å². The van der Waals surface area contributed by atoms with Gasteiger partial charge in [-0.25, -0.2) is 0 Å². The van der Waals surface area contributed by atoms with E-state index in [1.165, 1.54) is 4.88 Å². The fraction of sp³-hybridized carbons (Fsp3) is 0.750. The van der Waals surface area contributed by atoms with Crippen molar-refractivity contribution in [3.05, 3.63) is 22.4 Å². The van der Waals surface area contributed by atoms with E-state index in [4.69, 9.17) is 9.47 Å².